The molecule has 0 aliphatic carbocycles. The Bertz CT molecular complexity index is 1220. The van der Waals surface area contributed by atoms with Crippen molar-refractivity contribution in [2.45, 2.75) is 110 Å². The summed E-state index contributed by atoms with van der Waals surface area (Å²) < 4.78 is 35.5. The zero-order chi connectivity index (χ0) is 30.8. The van der Waals surface area contributed by atoms with Crippen molar-refractivity contribution in [3.8, 4) is 0 Å². The van der Waals surface area contributed by atoms with Gasteiger partial charge >= 0.3 is 11.9 Å². The van der Waals surface area contributed by atoms with Crippen LogP contribution < -0.4 is 10.8 Å². The van der Waals surface area contributed by atoms with Crippen molar-refractivity contribution in [3.63, 3.8) is 0 Å². The topological polar surface area (TPSA) is 151 Å². The summed E-state index contributed by atoms with van der Waals surface area (Å²) in [7, 11) is -3.64. The number of imidazole rings is 1. The molecule has 0 radical (unpaired) electrons. The minimum atomic E-state index is -3.64. The summed E-state index contributed by atoms with van der Waals surface area (Å²) in [6.07, 6.45) is 9.34. The molecule has 1 saturated heterocycles. The highest BCUT2D eigenvalue weighted by Crippen LogP contribution is 2.52. The van der Waals surface area contributed by atoms with E-state index in [9.17, 15) is 14.2 Å². The van der Waals surface area contributed by atoms with Gasteiger partial charge in [-0.2, -0.15) is 0 Å². The largest absolute Gasteiger partial charge is 0.465 e. The van der Waals surface area contributed by atoms with E-state index in [1.807, 2.05) is 11.5 Å². The zero-order valence-electron chi connectivity index (χ0n) is 25.8. The van der Waals surface area contributed by atoms with Gasteiger partial charge in [-0.05, 0) is 52.5 Å². The molecule has 0 amide bonds. The monoisotopic (exact) mass is 608 g/mol. The molecule has 236 valence electrons. The van der Waals surface area contributed by atoms with Crippen molar-refractivity contribution in [1.29, 1.82) is 0 Å². The molecule has 2 aromatic rings. The lowest BCUT2D eigenvalue weighted by Gasteiger charge is -2.37. The first-order valence-corrected chi connectivity index (χ1v) is 17.0. The molecule has 42 heavy (non-hydrogen) atoms. The Morgan fingerprint density at radius 2 is 1.83 bits per heavy atom. The summed E-state index contributed by atoms with van der Waals surface area (Å²) >= 11 is 0. The van der Waals surface area contributed by atoms with Gasteiger partial charge in [0.15, 0.2) is 5.65 Å². The van der Waals surface area contributed by atoms with Crippen LogP contribution in [0.25, 0.3) is 11.2 Å². The molecule has 3 heterocycles. The van der Waals surface area contributed by atoms with Gasteiger partial charge < -0.3 is 24.5 Å². The molecular weight excluding hydrogens is 559 g/mol. The normalized spacial score (nSPS) is 18.2. The van der Waals surface area contributed by atoms with Crippen molar-refractivity contribution in [2.24, 2.45) is 0 Å². The SMILES string of the molecule is CCCCCOC(=O)[C@H]1CCCN1P(=O)(CO[C@H](C)Cn1cnc2c(N)ccnc21)NC(C)(C)C(=O)OCCCCC. The van der Waals surface area contributed by atoms with Gasteiger partial charge in [-0.15, -0.1) is 0 Å². The van der Waals surface area contributed by atoms with E-state index >= 15 is 0 Å². The molecular formula is C29H49N6O6P. The molecule has 12 nitrogen and oxygen atoms in total. The molecule has 0 bridgehead atoms. The number of carbonyl (C=O) groups is 2. The smallest absolute Gasteiger partial charge is 0.326 e. The van der Waals surface area contributed by atoms with Crippen LogP contribution in [0.2, 0.25) is 0 Å². The molecule has 1 unspecified atom stereocenters. The van der Waals surface area contributed by atoms with Gasteiger partial charge in [-0.3, -0.25) is 14.2 Å². The van der Waals surface area contributed by atoms with Crippen LogP contribution in [-0.4, -0.2) is 74.9 Å². The number of nitrogens with one attached hydrogen (secondary N) is 1. The molecule has 1 fully saturated rings. The average Bonchev–Trinajstić information content (AvgIpc) is 3.61. The molecule has 3 atom stereocenters. The number of aromatic nitrogens is 3. The maximum atomic E-state index is 14.8. The third kappa shape index (κ3) is 8.99. The Hall–Kier alpha value is -2.53. The van der Waals surface area contributed by atoms with Crippen LogP contribution in [0.5, 0.6) is 0 Å². The van der Waals surface area contributed by atoms with E-state index < -0.39 is 37.1 Å². The van der Waals surface area contributed by atoms with E-state index in [4.69, 9.17) is 19.9 Å². The molecule has 0 saturated carbocycles. The number of nitrogen functional groups attached to an aromatic ring is 1. The number of rotatable bonds is 18. The fourth-order valence-electron chi connectivity index (χ4n) is 5.02. The molecule has 3 N–H and O–H groups in total. The number of carbonyl (C=O) groups excluding carboxylic acids is 2. The lowest BCUT2D eigenvalue weighted by Crippen LogP contribution is -2.51. The highest BCUT2D eigenvalue weighted by Gasteiger charge is 2.47. The number of hydrogen-bond donors (Lipinski definition) is 2. The number of unbranched alkanes of at least 4 members (excludes halogenated alkanes) is 4. The molecule has 13 heteroatoms. The van der Waals surface area contributed by atoms with Gasteiger partial charge in [0.25, 0.3) is 0 Å². The van der Waals surface area contributed by atoms with Gasteiger partial charge in [-0.1, -0.05) is 39.5 Å². The van der Waals surface area contributed by atoms with E-state index in [-0.39, 0.29) is 6.35 Å². The summed E-state index contributed by atoms with van der Waals surface area (Å²) in [4.78, 5) is 34.9. The Morgan fingerprint density at radius 1 is 1.14 bits per heavy atom. The van der Waals surface area contributed by atoms with Crippen LogP contribution in [0, 0.1) is 0 Å². The summed E-state index contributed by atoms with van der Waals surface area (Å²) in [5.74, 6) is -0.898. The van der Waals surface area contributed by atoms with Gasteiger partial charge in [0.1, 0.15) is 23.4 Å². The Morgan fingerprint density at radius 3 is 2.52 bits per heavy atom. The van der Waals surface area contributed by atoms with Crippen LogP contribution in [0.15, 0.2) is 18.6 Å². The molecule has 0 spiro atoms. The highest BCUT2D eigenvalue weighted by atomic mass is 31.2. The van der Waals surface area contributed by atoms with Crippen molar-refractivity contribution in [3.05, 3.63) is 18.6 Å². The number of pyridine rings is 1. The molecule has 0 aromatic carbocycles. The number of nitrogens with two attached hydrogens (primary N) is 1. The standard InChI is InChI=1S/C29H49N6O6P/c1-6-8-10-17-39-27(36)24-13-12-16-35(24)42(38,33-29(4,5)28(37)40-18-11-9-7-2)21-41-22(3)19-34-20-32-25-23(30)14-15-31-26(25)34/h14-15,20,22,24H,6-13,16-19,21H2,1-5H3,(H2,30,31)(H,33,38)/t22-,24-,42?/m1/s1. The lowest BCUT2D eigenvalue weighted by atomic mass is 10.1. The van der Waals surface area contributed by atoms with Gasteiger partial charge in [0.2, 0.25) is 7.44 Å². The highest BCUT2D eigenvalue weighted by molar-refractivity contribution is 7.59. The maximum Gasteiger partial charge on any atom is 0.326 e. The third-order valence-electron chi connectivity index (χ3n) is 7.37. The van der Waals surface area contributed by atoms with Gasteiger partial charge in [-0.25, -0.2) is 19.7 Å². The molecule has 2 aromatic heterocycles. The number of anilines is 1. The quantitative estimate of drug-likeness (QED) is 0.135. The fourth-order valence-corrected chi connectivity index (χ4v) is 7.91. The maximum absolute atomic E-state index is 14.8. The van der Waals surface area contributed by atoms with E-state index in [0.29, 0.717) is 56.0 Å². The van der Waals surface area contributed by atoms with E-state index in [2.05, 4.69) is 28.9 Å². The predicted octanol–water partition coefficient (Wildman–Crippen LogP) is 4.87. The van der Waals surface area contributed by atoms with Crippen LogP contribution >= 0.6 is 7.44 Å². The average molecular weight is 609 g/mol. The Kier molecular flexibility index (Phi) is 12.8. The van der Waals surface area contributed by atoms with Crippen LogP contribution in [0.4, 0.5) is 5.69 Å². The first kappa shape index (κ1) is 34.0. The molecule has 1 aliphatic heterocycles. The molecule has 1 aliphatic rings. The summed E-state index contributed by atoms with van der Waals surface area (Å²) in [6.45, 7) is 10.7. The van der Waals surface area contributed by atoms with E-state index in [1.54, 1.807) is 37.1 Å². The van der Waals surface area contributed by atoms with Crippen molar-refractivity contribution in [1.82, 2.24) is 24.3 Å². The third-order valence-corrected chi connectivity index (χ3v) is 10.1. The zero-order valence-corrected chi connectivity index (χ0v) is 26.7. The Labute approximate surface area is 249 Å². The second kappa shape index (κ2) is 15.8. The fraction of sp³-hybridized carbons (Fsp3) is 0.724. The number of esters is 2. The second-order valence-electron chi connectivity index (χ2n) is 11.6. The van der Waals surface area contributed by atoms with Crippen molar-refractivity contribution < 1.29 is 28.4 Å². The van der Waals surface area contributed by atoms with E-state index in [1.165, 1.54) is 0 Å². The summed E-state index contributed by atoms with van der Waals surface area (Å²) in [5, 5.41) is 3.09. The second-order valence-corrected chi connectivity index (χ2v) is 14.0. The first-order chi connectivity index (χ1) is 20.0. The minimum absolute atomic E-state index is 0.220. The number of fused-ring (bicyclic) bond motifs is 1. The minimum Gasteiger partial charge on any atom is -0.465 e. The summed E-state index contributed by atoms with van der Waals surface area (Å²) in [5.41, 5.74) is 6.51. The molecule has 3 rings (SSSR count). The van der Waals surface area contributed by atoms with Gasteiger partial charge in [0, 0.05) is 12.7 Å². The predicted molar refractivity (Wildman–Crippen MR) is 163 cm³/mol. The van der Waals surface area contributed by atoms with Crippen LogP contribution in [0.1, 0.15) is 86.0 Å². The summed E-state index contributed by atoms with van der Waals surface area (Å²) in [6, 6.07) is 1.00. The van der Waals surface area contributed by atoms with Crippen molar-refractivity contribution in [2.75, 3.05) is 31.8 Å². The number of hydrogen-bond acceptors (Lipinski definition) is 9. The van der Waals surface area contributed by atoms with Gasteiger partial charge in [0.05, 0.1) is 37.9 Å². The van der Waals surface area contributed by atoms with Crippen LogP contribution in [-0.2, 0) is 34.9 Å². The lowest BCUT2D eigenvalue weighted by molar-refractivity contribution is -0.149. The van der Waals surface area contributed by atoms with Crippen molar-refractivity contribution >= 4 is 36.2 Å². The first-order valence-electron chi connectivity index (χ1n) is 15.2. The number of nitrogens with zero attached hydrogens (tertiary/aromatic N) is 4. The Balaban J connectivity index is 1.76. The number of ether oxygens (including phenoxy) is 3. The van der Waals surface area contributed by atoms with E-state index in [0.717, 1.165) is 38.5 Å². The van der Waals surface area contributed by atoms with Crippen LogP contribution in [0.3, 0.4) is 0 Å².